The molecule has 8 aromatic rings. The summed E-state index contributed by atoms with van der Waals surface area (Å²) in [6, 6.07) is 27.7. The molecule has 0 saturated heterocycles. The number of benzene rings is 8. The minimum Gasteiger partial charge on any atom is -0.289 e. The first kappa shape index (κ1) is 66.5. The van der Waals surface area contributed by atoms with Crippen molar-refractivity contribution in [2.75, 3.05) is 5.75 Å². The molecule has 0 spiro atoms. The van der Waals surface area contributed by atoms with Crippen molar-refractivity contribution in [3.8, 4) is 0 Å². The van der Waals surface area contributed by atoms with Crippen LogP contribution in [-0.4, -0.2) is 17.7 Å². The SMILES string of the molecule is FC(F)(F)c1cc([B-](c2cc(C(F)(F)F)cc(C(F)(F)F)c2)(c2cc(C(F)(F)F)cc(C(F)(F)F)c2)c2cc(C(F)(F)F)cc(C(F)(F)F)c2)cc(C(F)(F)F)c1.O=C(C[S+](=O)(c1ccccc1)c1ccccc1)c1ccc(Cc2ccccc2)cc1. The zero-order valence-corrected chi connectivity index (χ0v) is 44.0. The fourth-order valence-corrected chi connectivity index (χ4v) is 11.9. The molecule has 0 unspecified atom stereocenters. The highest BCUT2D eigenvalue weighted by molar-refractivity contribution is 8.03. The van der Waals surface area contributed by atoms with Crippen molar-refractivity contribution in [1.82, 2.24) is 0 Å². The van der Waals surface area contributed by atoms with Crippen LogP contribution in [0.25, 0.3) is 0 Å². The largest absolute Gasteiger partial charge is 0.416 e. The van der Waals surface area contributed by atoms with Crippen LogP contribution in [0.2, 0.25) is 0 Å². The summed E-state index contributed by atoms with van der Waals surface area (Å²) in [6.07, 6.45) is -54.0. The number of hydrogen-bond acceptors (Lipinski definition) is 2. The normalized spacial score (nSPS) is 13.2. The number of carbonyl (C=O) groups excluding carboxylic acids is 1. The van der Waals surface area contributed by atoms with E-state index in [9.17, 15) is 114 Å². The molecule has 0 atom stereocenters. The maximum absolute atomic E-state index is 14.2. The van der Waals surface area contributed by atoms with Gasteiger partial charge in [-0.25, -0.2) is 0 Å². The lowest BCUT2D eigenvalue weighted by Crippen LogP contribution is -2.75. The third-order valence-corrected chi connectivity index (χ3v) is 16.3. The summed E-state index contributed by atoms with van der Waals surface area (Å²) >= 11 is 0. The summed E-state index contributed by atoms with van der Waals surface area (Å²) < 4.78 is 355. The molecule has 0 radical (unpaired) electrons. The van der Waals surface area contributed by atoms with Crippen LogP contribution in [0.5, 0.6) is 0 Å². The lowest BCUT2D eigenvalue weighted by molar-refractivity contribution is -0.144. The van der Waals surface area contributed by atoms with E-state index in [2.05, 4.69) is 12.1 Å². The molecule has 0 aliphatic rings. The second kappa shape index (κ2) is 23.9. The molecule has 0 saturated carbocycles. The Hall–Kier alpha value is -8.04. The van der Waals surface area contributed by atoms with Crippen molar-refractivity contribution >= 4 is 43.7 Å². The van der Waals surface area contributed by atoms with E-state index in [1.54, 1.807) is 0 Å². The zero-order valence-electron chi connectivity index (χ0n) is 43.2. The van der Waals surface area contributed by atoms with Crippen LogP contribution in [-0.2, 0) is 70.0 Å². The maximum atomic E-state index is 14.2. The minimum atomic E-state index is -6.13. The van der Waals surface area contributed by atoms with Crippen molar-refractivity contribution in [1.29, 1.82) is 0 Å². The molecule has 87 heavy (non-hydrogen) atoms. The number of rotatable bonds is 11. The van der Waals surface area contributed by atoms with Gasteiger partial charge in [0, 0.05) is 5.56 Å². The number of Topliss-reactive ketones (excluding diaryl/α,β-unsaturated/α-hetero) is 1. The van der Waals surface area contributed by atoms with Crippen molar-refractivity contribution in [3.63, 3.8) is 0 Å². The number of carbonyl (C=O) groups is 1. The first-order valence-electron chi connectivity index (χ1n) is 24.6. The Morgan fingerprint density at radius 2 is 0.517 bits per heavy atom. The van der Waals surface area contributed by atoms with Crippen molar-refractivity contribution in [2.24, 2.45) is 0 Å². The Kier molecular flexibility index (Phi) is 18.3. The molecule has 0 N–H and O–H groups in total. The molecule has 460 valence electrons. The highest BCUT2D eigenvalue weighted by atomic mass is 32.2. The Morgan fingerprint density at radius 3 is 0.747 bits per heavy atom. The number of halogens is 24. The van der Waals surface area contributed by atoms with E-state index in [0.717, 1.165) is 12.0 Å². The second-order valence-corrected chi connectivity index (χ2v) is 22.0. The highest BCUT2D eigenvalue weighted by Crippen LogP contribution is 2.42. The predicted octanol–water partition coefficient (Wildman–Crippen LogP) is 17.3. The average Bonchev–Trinajstić information content (AvgIpc) is 0.721. The van der Waals surface area contributed by atoms with E-state index in [4.69, 9.17) is 0 Å². The van der Waals surface area contributed by atoms with Crippen LogP contribution < -0.4 is 21.9 Å². The van der Waals surface area contributed by atoms with E-state index >= 15 is 0 Å². The van der Waals surface area contributed by atoms with Crippen LogP contribution >= 0.6 is 0 Å². The third-order valence-electron chi connectivity index (χ3n) is 13.5. The van der Waals surface area contributed by atoms with Crippen LogP contribution in [0.15, 0.2) is 198 Å². The van der Waals surface area contributed by atoms with Gasteiger partial charge in [0.15, 0.2) is 25.5 Å². The number of hydrogen-bond donors (Lipinski definition) is 0. The lowest BCUT2D eigenvalue weighted by atomic mass is 9.12. The summed E-state index contributed by atoms with van der Waals surface area (Å²) in [5.41, 5.74) is -27.2. The van der Waals surface area contributed by atoms with Gasteiger partial charge in [-0.2, -0.15) is 127 Å². The van der Waals surface area contributed by atoms with Gasteiger partial charge in [0.05, 0.1) is 44.5 Å². The van der Waals surface area contributed by atoms with Gasteiger partial charge in [-0.15, -0.1) is 0 Å². The Bertz CT molecular complexity index is 3310. The predicted molar refractivity (Wildman–Crippen MR) is 272 cm³/mol. The van der Waals surface area contributed by atoms with Gasteiger partial charge >= 0.3 is 49.4 Å². The van der Waals surface area contributed by atoms with Crippen LogP contribution in [0.3, 0.4) is 0 Å². The van der Waals surface area contributed by atoms with Gasteiger partial charge in [-0.05, 0) is 66.1 Å². The Labute approximate surface area is 477 Å². The van der Waals surface area contributed by atoms with E-state index in [1.165, 1.54) is 5.56 Å². The summed E-state index contributed by atoms with van der Waals surface area (Å²) in [5.74, 6) is -0.155. The molecule has 0 fully saturated rings. The van der Waals surface area contributed by atoms with Gasteiger partial charge in [-0.1, -0.05) is 144 Å². The minimum absolute atomic E-state index is 0.0426. The van der Waals surface area contributed by atoms with Gasteiger partial charge in [-0.3, -0.25) is 4.79 Å². The molecular formula is C59H35BF24O2S. The maximum Gasteiger partial charge on any atom is 0.416 e. The number of alkyl halides is 24. The third kappa shape index (κ3) is 15.4. The average molecular weight is 1270 g/mol. The summed E-state index contributed by atoms with van der Waals surface area (Å²) in [5, 5.41) is 0. The van der Waals surface area contributed by atoms with Gasteiger partial charge in [0.2, 0.25) is 5.78 Å². The molecule has 0 amide bonds. The van der Waals surface area contributed by atoms with Crippen LogP contribution in [0.4, 0.5) is 105 Å². The van der Waals surface area contributed by atoms with Gasteiger partial charge in [0.25, 0.3) is 0 Å². The summed E-state index contributed by atoms with van der Waals surface area (Å²) in [4.78, 5) is 14.5. The molecule has 0 aromatic heterocycles. The Balaban J connectivity index is 0.000000300. The fourth-order valence-electron chi connectivity index (χ4n) is 9.56. The zero-order chi connectivity index (χ0) is 64.7. The van der Waals surface area contributed by atoms with E-state index in [-0.39, 0.29) is 11.5 Å². The first-order valence-corrected chi connectivity index (χ1v) is 26.3. The summed E-state index contributed by atoms with van der Waals surface area (Å²) in [6.45, 7) is 0. The van der Waals surface area contributed by atoms with Crippen molar-refractivity contribution in [2.45, 2.75) is 65.6 Å². The van der Waals surface area contributed by atoms with Crippen LogP contribution in [0.1, 0.15) is 66.0 Å². The first-order chi connectivity index (χ1) is 39.9. The molecule has 0 heterocycles. The van der Waals surface area contributed by atoms with Crippen molar-refractivity contribution < 1.29 is 114 Å². The molecule has 8 rings (SSSR count). The monoisotopic (exact) mass is 1270 g/mol. The molecule has 0 aliphatic carbocycles. The quantitative estimate of drug-likeness (QED) is 0.0560. The van der Waals surface area contributed by atoms with Crippen LogP contribution in [0, 0.1) is 0 Å². The number of ketones is 1. The fraction of sp³-hybridized carbons (Fsp3) is 0.169. The van der Waals surface area contributed by atoms with Crippen molar-refractivity contribution in [3.05, 3.63) is 249 Å². The van der Waals surface area contributed by atoms with Gasteiger partial charge in [0.1, 0.15) is 6.15 Å². The standard InChI is InChI=1S/C32H12BF24.C27H23O2S/c34-25(35,36)13-1-14(26(37,38)39)6-21(5-13)33(22-7-15(27(40,41)42)2-16(8-22)28(43,44)45,23-9-17(29(46,47)48)3-18(10-23)30(49,50)51)24-11-19(31(52,53)54)4-20(12-24)32(55,56)57;28-27(24-18-16-23(17-19-24)20-22-10-4-1-5-11-22)21-30(29,25-12-6-2-7-13-25)26-14-8-3-9-15-26/h1-12H;1-19H,20-21H2/q-1;+1. The van der Waals surface area contributed by atoms with E-state index in [1.807, 2.05) is 103 Å². The molecule has 2 nitrogen and oxygen atoms in total. The molecule has 28 heteroatoms. The second-order valence-electron chi connectivity index (χ2n) is 19.5. The summed E-state index contributed by atoms with van der Waals surface area (Å²) in [7, 11) is -2.70. The molecular weight excluding hydrogens is 1240 g/mol. The topological polar surface area (TPSA) is 34.1 Å². The van der Waals surface area contributed by atoms with E-state index in [0.29, 0.717) is 15.4 Å². The Morgan fingerprint density at radius 1 is 0.299 bits per heavy atom. The smallest absolute Gasteiger partial charge is 0.289 e. The lowest BCUT2D eigenvalue weighted by Gasteiger charge is -2.46. The van der Waals surface area contributed by atoms with E-state index < -0.39 is 205 Å². The molecule has 8 aromatic carbocycles. The van der Waals surface area contributed by atoms with Gasteiger partial charge < -0.3 is 0 Å². The molecule has 0 bridgehead atoms. The molecule has 0 aliphatic heterocycles. The highest BCUT2D eigenvalue weighted by Gasteiger charge is 2.47.